The summed E-state index contributed by atoms with van der Waals surface area (Å²) in [6, 6.07) is 12.5. The zero-order valence-electron chi connectivity index (χ0n) is 10.4. The number of hydrogen-bond acceptors (Lipinski definition) is 1. The van der Waals surface area contributed by atoms with Gasteiger partial charge in [-0.05, 0) is 18.6 Å². The summed E-state index contributed by atoms with van der Waals surface area (Å²) in [6.07, 6.45) is 0.358. The van der Waals surface area contributed by atoms with E-state index in [9.17, 15) is 9.18 Å². The van der Waals surface area contributed by atoms with Crippen LogP contribution in [0.4, 0.5) is 4.39 Å². The summed E-state index contributed by atoms with van der Waals surface area (Å²) in [5.41, 5.74) is 2.96. The first-order chi connectivity index (χ1) is 9.02. The largest absolute Gasteiger partial charge is 0.292 e. The average molecular weight is 319 g/mol. The van der Waals surface area contributed by atoms with Gasteiger partial charge in [-0.3, -0.25) is 4.79 Å². The molecule has 1 unspecified atom stereocenters. The van der Waals surface area contributed by atoms with Crippen molar-refractivity contribution in [3.8, 4) is 0 Å². The Kier molecular flexibility index (Phi) is 2.82. The van der Waals surface area contributed by atoms with Gasteiger partial charge in [0, 0.05) is 17.5 Å². The van der Waals surface area contributed by atoms with E-state index in [1.807, 2.05) is 31.2 Å². The van der Waals surface area contributed by atoms with Crippen LogP contribution in [-0.4, -0.2) is 5.78 Å². The summed E-state index contributed by atoms with van der Waals surface area (Å²) in [6.45, 7) is 1.98. The van der Waals surface area contributed by atoms with Crippen LogP contribution in [0, 0.1) is 12.7 Å². The highest BCUT2D eigenvalue weighted by Gasteiger charge is 2.45. The molecule has 0 radical (unpaired) electrons. The molecule has 0 fully saturated rings. The minimum atomic E-state index is -0.830. The normalized spacial score (nSPS) is 21.5. The van der Waals surface area contributed by atoms with Gasteiger partial charge in [0.1, 0.15) is 10.1 Å². The molecule has 1 aliphatic rings. The summed E-state index contributed by atoms with van der Waals surface area (Å²) in [5, 5.41) is 0. The lowest BCUT2D eigenvalue weighted by Crippen LogP contribution is -2.25. The molecule has 0 saturated heterocycles. The average Bonchev–Trinajstić information content (AvgIpc) is 2.66. The Balaban J connectivity index is 2.15. The van der Waals surface area contributed by atoms with Crippen molar-refractivity contribution in [1.29, 1.82) is 0 Å². The number of benzene rings is 2. The summed E-state index contributed by atoms with van der Waals surface area (Å²) in [5.74, 6) is -0.368. The van der Waals surface area contributed by atoms with Crippen molar-refractivity contribution in [1.82, 2.24) is 0 Å². The third-order valence-corrected chi connectivity index (χ3v) is 4.72. The molecule has 96 valence electrons. The van der Waals surface area contributed by atoms with Crippen LogP contribution in [0.2, 0.25) is 0 Å². The van der Waals surface area contributed by atoms with Crippen LogP contribution in [0.15, 0.2) is 42.5 Å². The molecular formula is C16H12BrFO. The molecule has 0 saturated carbocycles. The first kappa shape index (κ1) is 12.5. The minimum Gasteiger partial charge on any atom is -0.292 e. The lowest BCUT2D eigenvalue weighted by Gasteiger charge is -2.20. The van der Waals surface area contributed by atoms with Crippen molar-refractivity contribution in [3.05, 3.63) is 70.5 Å². The number of rotatable bonds is 1. The van der Waals surface area contributed by atoms with Gasteiger partial charge < -0.3 is 0 Å². The Morgan fingerprint density at radius 2 is 1.95 bits per heavy atom. The van der Waals surface area contributed by atoms with Crippen molar-refractivity contribution in [2.75, 3.05) is 0 Å². The molecule has 2 aromatic rings. The molecule has 1 nitrogen and oxygen atoms in total. The van der Waals surface area contributed by atoms with Crippen LogP contribution in [0.25, 0.3) is 0 Å². The molecule has 0 aliphatic heterocycles. The van der Waals surface area contributed by atoms with E-state index in [0.29, 0.717) is 17.5 Å². The SMILES string of the molecule is Cc1cccc(C2(Br)Cc3c(F)cccc3C2=O)c1. The number of hydrogen-bond donors (Lipinski definition) is 0. The molecule has 0 spiro atoms. The van der Waals surface area contributed by atoms with Crippen molar-refractivity contribution < 1.29 is 9.18 Å². The van der Waals surface area contributed by atoms with E-state index in [2.05, 4.69) is 15.9 Å². The number of aryl methyl sites for hydroxylation is 1. The lowest BCUT2D eigenvalue weighted by atomic mass is 9.94. The van der Waals surface area contributed by atoms with Crippen LogP contribution < -0.4 is 0 Å². The monoisotopic (exact) mass is 318 g/mol. The number of Topliss-reactive ketones (excluding diaryl/α,β-unsaturated/α-hetero) is 1. The molecule has 2 aromatic carbocycles. The van der Waals surface area contributed by atoms with E-state index >= 15 is 0 Å². The first-order valence-corrected chi connectivity index (χ1v) is 6.90. The van der Waals surface area contributed by atoms with Crippen LogP contribution in [0.3, 0.4) is 0 Å². The quantitative estimate of drug-likeness (QED) is 0.721. The highest BCUT2D eigenvalue weighted by atomic mass is 79.9. The van der Waals surface area contributed by atoms with Crippen molar-refractivity contribution in [3.63, 3.8) is 0 Å². The predicted octanol–water partition coefficient (Wildman–Crippen LogP) is 4.16. The second kappa shape index (κ2) is 4.27. The molecule has 1 aliphatic carbocycles. The fourth-order valence-corrected chi connectivity index (χ4v) is 3.35. The molecule has 0 aromatic heterocycles. The molecule has 3 heteroatoms. The van der Waals surface area contributed by atoms with Crippen molar-refractivity contribution in [2.24, 2.45) is 0 Å². The number of ketones is 1. The summed E-state index contributed by atoms with van der Waals surface area (Å²) in [4.78, 5) is 12.6. The molecule has 0 amide bonds. The molecule has 0 bridgehead atoms. The van der Waals surface area contributed by atoms with E-state index in [1.54, 1.807) is 12.1 Å². The Labute approximate surface area is 119 Å². The fraction of sp³-hybridized carbons (Fsp3) is 0.188. The van der Waals surface area contributed by atoms with Crippen LogP contribution in [0.5, 0.6) is 0 Å². The second-order valence-electron chi connectivity index (χ2n) is 4.94. The van der Waals surface area contributed by atoms with Gasteiger partial charge in [0.25, 0.3) is 0 Å². The molecular weight excluding hydrogens is 307 g/mol. The Morgan fingerprint density at radius 3 is 2.63 bits per heavy atom. The predicted molar refractivity (Wildman–Crippen MR) is 76.2 cm³/mol. The van der Waals surface area contributed by atoms with Gasteiger partial charge in [0.15, 0.2) is 5.78 Å². The van der Waals surface area contributed by atoms with Crippen LogP contribution in [-0.2, 0) is 10.7 Å². The third-order valence-electron chi connectivity index (χ3n) is 3.62. The Hall–Kier alpha value is -1.48. The molecule has 3 rings (SSSR count). The second-order valence-corrected chi connectivity index (χ2v) is 6.30. The van der Waals surface area contributed by atoms with E-state index in [0.717, 1.165) is 11.1 Å². The van der Waals surface area contributed by atoms with Gasteiger partial charge in [0.2, 0.25) is 0 Å². The van der Waals surface area contributed by atoms with Gasteiger partial charge in [0.05, 0.1) is 0 Å². The summed E-state index contributed by atoms with van der Waals surface area (Å²) in [7, 11) is 0. The van der Waals surface area contributed by atoms with Crippen LogP contribution >= 0.6 is 15.9 Å². The van der Waals surface area contributed by atoms with Crippen LogP contribution in [0.1, 0.15) is 27.0 Å². The molecule has 1 atom stereocenters. The first-order valence-electron chi connectivity index (χ1n) is 6.10. The van der Waals surface area contributed by atoms with E-state index < -0.39 is 4.32 Å². The minimum absolute atomic E-state index is 0.0624. The maximum Gasteiger partial charge on any atom is 0.184 e. The van der Waals surface area contributed by atoms with Gasteiger partial charge in [-0.1, -0.05) is 57.9 Å². The number of alkyl halides is 1. The number of fused-ring (bicyclic) bond motifs is 1. The third kappa shape index (κ3) is 1.84. The topological polar surface area (TPSA) is 17.1 Å². The maximum absolute atomic E-state index is 13.8. The lowest BCUT2D eigenvalue weighted by molar-refractivity contribution is 0.0960. The Morgan fingerprint density at radius 1 is 1.21 bits per heavy atom. The smallest absolute Gasteiger partial charge is 0.184 e. The summed E-state index contributed by atoms with van der Waals surface area (Å²) < 4.78 is 13.0. The summed E-state index contributed by atoms with van der Waals surface area (Å²) >= 11 is 3.55. The standard InChI is InChI=1S/C16H12BrFO/c1-10-4-2-5-11(8-10)16(17)9-13-12(15(16)19)6-3-7-14(13)18/h2-8H,9H2,1H3. The number of carbonyl (C=O) groups excluding carboxylic acids is 1. The highest BCUT2D eigenvalue weighted by Crippen LogP contribution is 2.45. The molecule has 19 heavy (non-hydrogen) atoms. The maximum atomic E-state index is 13.8. The van der Waals surface area contributed by atoms with Crippen molar-refractivity contribution >= 4 is 21.7 Å². The zero-order chi connectivity index (χ0) is 13.6. The molecule has 0 heterocycles. The van der Waals surface area contributed by atoms with Gasteiger partial charge in [-0.2, -0.15) is 0 Å². The zero-order valence-corrected chi connectivity index (χ0v) is 12.0. The van der Waals surface area contributed by atoms with Gasteiger partial charge in [-0.25, -0.2) is 4.39 Å². The van der Waals surface area contributed by atoms with E-state index in [-0.39, 0.29) is 11.6 Å². The van der Waals surface area contributed by atoms with Gasteiger partial charge in [-0.15, -0.1) is 0 Å². The fourth-order valence-electron chi connectivity index (χ4n) is 2.61. The van der Waals surface area contributed by atoms with E-state index in [1.165, 1.54) is 6.07 Å². The highest BCUT2D eigenvalue weighted by molar-refractivity contribution is 9.10. The Bertz CT molecular complexity index is 680. The van der Waals surface area contributed by atoms with E-state index in [4.69, 9.17) is 0 Å². The van der Waals surface area contributed by atoms with Gasteiger partial charge >= 0.3 is 0 Å². The molecule has 0 N–H and O–H groups in total. The number of carbonyl (C=O) groups is 1. The van der Waals surface area contributed by atoms with Crippen molar-refractivity contribution in [2.45, 2.75) is 17.7 Å². The number of halogens is 2.